The Balaban J connectivity index is 1.78. The van der Waals surface area contributed by atoms with Gasteiger partial charge in [-0.3, -0.25) is 9.48 Å². The first-order chi connectivity index (χ1) is 15.9. The van der Waals surface area contributed by atoms with Crippen molar-refractivity contribution in [2.45, 2.75) is 19.8 Å². The van der Waals surface area contributed by atoms with Gasteiger partial charge in [-0.05, 0) is 37.6 Å². The minimum atomic E-state index is -0.524. The lowest BCUT2D eigenvalue weighted by Gasteiger charge is -2.16. The minimum Gasteiger partial charge on any atom is -0.369 e. The quantitative estimate of drug-likeness (QED) is 0.451. The normalized spacial score (nSPS) is 12.2. The van der Waals surface area contributed by atoms with Crippen molar-refractivity contribution >= 4 is 16.8 Å². The molecule has 0 radical (unpaired) electrons. The molecule has 2 N–H and O–H groups in total. The van der Waals surface area contributed by atoms with Crippen LogP contribution in [0.4, 0.5) is 0 Å². The van der Waals surface area contributed by atoms with E-state index in [-0.39, 0.29) is 0 Å². The molecule has 2 aromatic carbocycles. The van der Waals surface area contributed by atoms with E-state index in [9.17, 15) is 4.79 Å². The summed E-state index contributed by atoms with van der Waals surface area (Å²) in [7, 11) is 1.89. The molecule has 5 rings (SSSR count). The van der Waals surface area contributed by atoms with Gasteiger partial charge < -0.3 is 5.73 Å². The van der Waals surface area contributed by atoms with Gasteiger partial charge in [-0.25, -0.2) is 14.6 Å². The lowest BCUT2D eigenvalue weighted by atomic mass is 9.94. The Morgan fingerprint density at radius 3 is 2.52 bits per heavy atom. The summed E-state index contributed by atoms with van der Waals surface area (Å²) in [5.41, 5.74) is 12.3. The highest BCUT2D eigenvalue weighted by molar-refractivity contribution is 5.98. The highest BCUT2D eigenvalue weighted by Crippen LogP contribution is 2.36. The van der Waals surface area contributed by atoms with Crippen molar-refractivity contribution in [1.82, 2.24) is 29.5 Å². The van der Waals surface area contributed by atoms with Gasteiger partial charge in [-0.1, -0.05) is 30.3 Å². The maximum absolute atomic E-state index is 12.2. The van der Waals surface area contributed by atoms with Crippen LogP contribution in [0, 0.1) is 6.92 Å². The number of carbonyl (C=O) groups excluding carboxylic acids is 1. The first-order valence-electron chi connectivity index (χ1n) is 10.6. The number of nitrogens with zero attached hydrogens (tertiary/aromatic N) is 6. The molecule has 3 aromatic heterocycles. The molecule has 1 unspecified atom stereocenters. The average molecular weight is 438 g/mol. The molecule has 3 heterocycles. The van der Waals surface area contributed by atoms with Gasteiger partial charge in [0.1, 0.15) is 12.0 Å². The predicted octanol–water partition coefficient (Wildman–Crippen LogP) is 3.78. The Kier molecular flexibility index (Phi) is 4.97. The van der Waals surface area contributed by atoms with Crippen LogP contribution in [0.1, 0.15) is 24.1 Å². The van der Waals surface area contributed by atoms with Gasteiger partial charge in [0.2, 0.25) is 5.91 Å². The number of rotatable bonds is 5. The van der Waals surface area contributed by atoms with E-state index in [0.29, 0.717) is 0 Å². The van der Waals surface area contributed by atoms with E-state index in [1.54, 1.807) is 22.6 Å². The summed E-state index contributed by atoms with van der Waals surface area (Å²) < 4.78 is 3.53. The molecule has 0 fully saturated rings. The zero-order valence-electron chi connectivity index (χ0n) is 18.6. The molecule has 0 saturated carbocycles. The summed E-state index contributed by atoms with van der Waals surface area (Å²) in [6.45, 7) is 3.72. The third-order valence-electron chi connectivity index (χ3n) is 5.78. The Bertz CT molecular complexity index is 1480. The molecule has 0 bridgehead atoms. The van der Waals surface area contributed by atoms with Crippen LogP contribution in [0.25, 0.3) is 39.1 Å². The van der Waals surface area contributed by atoms with Gasteiger partial charge in [0, 0.05) is 36.0 Å². The van der Waals surface area contributed by atoms with Gasteiger partial charge >= 0.3 is 0 Å². The lowest BCUT2D eigenvalue weighted by Crippen LogP contribution is -2.20. The predicted molar refractivity (Wildman–Crippen MR) is 127 cm³/mol. The fourth-order valence-electron chi connectivity index (χ4n) is 4.04. The third-order valence-corrected chi connectivity index (χ3v) is 5.78. The Hall–Kier alpha value is -4.33. The fraction of sp³-hybridized carbons (Fsp3) is 0.160. The van der Waals surface area contributed by atoms with Crippen molar-refractivity contribution in [3.05, 3.63) is 78.5 Å². The van der Waals surface area contributed by atoms with E-state index in [2.05, 4.69) is 20.2 Å². The van der Waals surface area contributed by atoms with Crippen LogP contribution in [0.3, 0.4) is 0 Å². The highest BCUT2D eigenvalue weighted by Gasteiger charge is 2.22. The van der Waals surface area contributed by atoms with Gasteiger partial charge in [0.25, 0.3) is 0 Å². The Labute approximate surface area is 190 Å². The van der Waals surface area contributed by atoms with Crippen molar-refractivity contribution in [3.63, 3.8) is 0 Å². The number of hydrogen-bond donors (Lipinski definition) is 1. The summed E-state index contributed by atoms with van der Waals surface area (Å²) in [4.78, 5) is 21.3. The second kappa shape index (κ2) is 7.98. The number of aryl methyl sites for hydroxylation is 2. The van der Waals surface area contributed by atoms with Crippen LogP contribution in [0.2, 0.25) is 0 Å². The summed E-state index contributed by atoms with van der Waals surface area (Å²) in [6.07, 6.45) is 5.37. The maximum Gasteiger partial charge on any atom is 0.224 e. The van der Waals surface area contributed by atoms with E-state index < -0.39 is 11.8 Å². The standard InChI is InChI=1S/C25H23N7O/c1-15-9-10-32(29-15)22-12-21-19(11-18(22)16(2)25(26)33)24(28-14-27-21)20-13-31(3)30-23(20)17-7-5-4-6-8-17/h4-14,16H,1-3H3,(H2,26,33). The second-order valence-corrected chi connectivity index (χ2v) is 8.11. The molecule has 164 valence electrons. The summed E-state index contributed by atoms with van der Waals surface area (Å²) in [5, 5.41) is 10.0. The van der Waals surface area contributed by atoms with Crippen LogP contribution in [0.15, 0.2) is 67.3 Å². The second-order valence-electron chi connectivity index (χ2n) is 8.11. The van der Waals surface area contributed by atoms with Crippen molar-refractivity contribution in [1.29, 1.82) is 0 Å². The largest absolute Gasteiger partial charge is 0.369 e. The number of hydrogen-bond acceptors (Lipinski definition) is 5. The molecule has 1 atom stereocenters. The van der Waals surface area contributed by atoms with Crippen LogP contribution < -0.4 is 5.73 Å². The number of amides is 1. The molecule has 0 spiro atoms. The molecule has 8 heteroatoms. The number of aromatic nitrogens is 6. The number of fused-ring (bicyclic) bond motifs is 1. The van der Waals surface area contributed by atoms with Crippen molar-refractivity contribution < 1.29 is 4.79 Å². The molecule has 0 aliphatic heterocycles. The van der Waals surface area contributed by atoms with Crippen molar-refractivity contribution in [3.8, 4) is 28.2 Å². The molecule has 0 saturated heterocycles. The topological polar surface area (TPSA) is 105 Å². The average Bonchev–Trinajstić information content (AvgIpc) is 3.43. The van der Waals surface area contributed by atoms with Gasteiger partial charge in [0.15, 0.2) is 0 Å². The zero-order valence-corrected chi connectivity index (χ0v) is 18.6. The number of primary amides is 1. The van der Waals surface area contributed by atoms with Crippen molar-refractivity contribution in [2.75, 3.05) is 0 Å². The number of nitrogens with two attached hydrogens (primary N) is 1. The minimum absolute atomic E-state index is 0.413. The summed E-state index contributed by atoms with van der Waals surface area (Å²) in [5.74, 6) is -0.936. The number of carbonyl (C=O) groups is 1. The number of benzene rings is 2. The van der Waals surface area contributed by atoms with Gasteiger partial charge in [0.05, 0.1) is 28.5 Å². The van der Waals surface area contributed by atoms with E-state index in [1.165, 1.54) is 0 Å². The molecule has 1 amide bonds. The van der Waals surface area contributed by atoms with Gasteiger partial charge in [-0.2, -0.15) is 10.2 Å². The monoisotopic (exact) mass is 437 g/mol. The smallest absolute Gasteiger partial charge is 0.224 e. The van der Waals surface area contributed by atoms with E-state index >= 15 is 0 Å². The van der Waals surface area contributed by atoms with Crippen LogP contribution in [-0.4, -0.2) is 35.4 Å². The van der Waals surface area contributed by atoms with Crippen LogP contribution in [0.5, 0.6) is 0 Å². The SMILES string of the molecule is Cc1ccn(-c2cc3ncnc(-c4cn(C)nc4-c4ccccc4)c3cc2C(C)C(N)=O)n1. The lowest BCUT2D eigenvalue weighted by molar-refractivity contribution is -0.119. The van der Waals surface area contributed by atoms with E-state index in [1.807, 2.05) is 74.9 Å². The Morgan fingerprint density at radius 1 is 1.03 bits per heavy atom. The van der Waals surface area contributed by atoms with E-state index in [4.69, 9.17) is 5.73 Å². The van der Waals surface area contributed by atoms with E-state index in [0.717, 1.165) is 50.4 Å². The van der Waals surface area contributed by atoms with Crippen molar-refractivity contribution in [2.24, 2.45) is 12.8 Å². The molecule has 0 aliphatic carbocycles. The third kappa shape index (κ3) is 3.65. The molecular formula is C25H23N7O. The van der Waals surface area contributed by atoms with Crippen LogP contribution in [-0.2, 0) is 11.8 Å². The first kappa shape index (κ1) is 20.6. The maximum atomic E-state index is 12.2. The highest BCUT2D eigenvalue weighted by atomic mass is 16.1. The summed E-state index contributed by atoms with van der Waals surface area (Å²) in [6, 6.07) is 15.8. The molecular weight excluding hydrogens is 414 g/mol. The van der Waals surface area contributed by atoms with Gasteiger partial charge in [-0.15, -0.1) is 0 Å². The van der Waals surface area contributed by atoms with Crippen LogP contribution >= 0.6 is 0 Å². The zero-order chi connectivity index (χ0) is 23.1. The summed E-state index contributed by atoms with van der Waals surface area (Å²) >= 11 is 0. The molecule has 8 nitrogen and oxygen atoms in total. The molecule has 0 aliphatic rings. The Morgan fingerprint density at radius 2 is 1.82 bits per heavy atom. The molecule has 33 heavy (non-hydrogen) atoms. The molecule has 5 aromatic rings. The fourth-order valence-corrected chi connectivity index (χ4v) is 4.04. The first-order valence-corrected chi connectivity index (χ1v) is 10.6.